The summed E-state index contributed by atoms with van der Waals surface area (Å²) in [7, 11) is -8.90. The van der Waals surface area contributed by atoms with Crippen LogP contribution in [0.5, 0.6) is 5.75 Å². The number of hydrogen-bond donors (Lipinski definition) is 3. The van der Waals surface area contributed by atoms with E-state index in [1.54, 1.807) is 0 Å². The number of ether oxygens (including phenoxy) is 1. The third-order valence-corrected chi connectivity index (χ3v) is 5.27. The average Bonchev–Trinajstić information content (AvgIpc) is 2.52. The van der Waals surface area contributed by atoms with E-state index in [-0.39, 0.29) is 23.9 Å². The van der Waals surface area contributed by atoms with Crippen molar-refractivity contribution in [1.82, 2.24) is 5.32 Å². The molecular formula is C15H21F5N2O3S. The minimum absolute atomic E-state index is 0.125. The van der Waals surface area contributed by atoms with Crippen molar-refractivity contribution in [1.29, 1.82) is 0 Å². The van der Waals surface area contributed by atoms with Gasteiger partial charge in [-0.2, -0.15) is 0 Å². The maximum Gasteiger partial charge on any atom is 0.319 e. The maximum atomic E-state index is 13.1. The molecule has 1 saturated carbocycles. The molecule has 0 atom stereocenters. The average molecular weight is 404 g/mol. The lowest BCUT2D eigenvalue weighted by Crippen LogP contribution is -2.39. The third kappa shape index (κ3) is 5.13. The molecule has 1 aliphatic carbocycles. The van der Waals surface area contributed by atoms with Crippen LogP contribution in [0.2, 0.25) is 0 Å². The van der Waals surface area contributed by atoms with Gasteiger partial charge in [-0.25, -0.2) is 4.79 Å². The topological polar surface area (TPSA) is 70.6 Å². The number of carbonyl (C=O) groups is 1. The number of rotatable bonds is 5. The van der Waals surface area contributed by atoms with Crippen molar-refractivity contribution in [2.75, 3.05) is 12.4 Å². The Balaban J connectivity index is 2.35. The van der Waals surface area contributed by atoms with Gasteiger partial charge < -0.3 is 20.5 Å². The first-order valence-corrected chi connectivity index (χ1v) is 9.92. The molecule has 3 N–H and O–H groups in total. The number of benzene rings is 1. The lowest BCUT2D eigenvalue weighted by atomic mass is 9.96. The summed E-state index contributed by atoms with van der Waals surface area (Å²) in [6, 6.07) is -0.700. The molecule has 2 amide bonds. The number of amides is 2. The van der Waals surface area contributed by atoms with Crippen LogP contribution >= 0.6 is 10.2 Å². The molecule has 0 radical (unpaired) electrons. The molecule has 0 spiro atoms. The molecule has 2 rings (SSSR count). The van der Waals surface area contributed by atoms with E-state index in [2.05, 4.69) is 10.6 Å². The van der Waals surface area contributed by atoms with E-state index in [1.807, 2.05) is 0 Å². The monoisotopic (exact) mass is 404 g/mol. The van der Waals surface area contributed by atoms with Gasteiger partial charge in [-0.3, -0.25) is 0 Å². The van der Waals surface area contributed by atoms with Crippen LogP contribution < -0.4 is 15.4 Å². The highest BCUT2D eigenvalue weighted by molar-refractivity contribution is 8.45. The van der Waals surface area contributed by atoms with Gasteiger partial charge in [-0.1, -0.05) is 38.7 Å². The summed E-state index contributed by atoms with van der Waals surface area (Å²) in [5.74, 6) is -0.308. The van der Waals surface area contributed by atoms with Crippen LogP contribution in [-0.2, 0) is 6.61 Å². The number of anilines is 1. The summed E-state index contributed by atoms with van der Waals surface area (Å²) in [6.07, 6.45) is 4.35. The molecule has 0 unspecified atom stereocenters. The van der Waals surface area contributed by atoms with Gasteiger partial charge >= 0.3 is 16.3 Å². The highest BCUT2D eigenvalue weighted by atomic mass is 32.5. The number of urea groups is 1. The lowest BCUT2D eigenvalue weighted by molar-refractivity contribution is 0.244. The number of aliphatic hydroxyl groups excluding tert-OH is 1. The smallest absolute Gasteiger partial charge is 0.319 e. The highest BCUT2D eigenvalue weighted by Crippen LogP contribution is 3.02. The van der Waals surface area contributed by atoms with Gasteiger partial charge in [-0.15, -0.1) is 0 Å². The van der Waals surface area contributed by atoms with Gasteiger partial charge in [0.15, 0.2) is 0 Å². The number of hydrogen-bond acceptors (Lipinski definition) is 3. The molecular weight excluding hydrogens is 383 g/mol. The van der Waals surface area contributed by atoms with Gasteiger partial charge in [0, 0.05) is 11.6 Å². The van der Waals surface area contributed by atoms with E-state index in [9.17, 15) is 29.3 Å². The Kier molecular flexibility index (Phi) is 5.10. The molecule has 1 aromatic carbocycles. The minimum Gasteiger partial charge on any atom is -0.494 e. The summed E-state index contributed by atoms with van der Waals surface area (Å²) in [6.45, 7) is -0.968. The molecule has 26 heavy (non-hydrogen) atoms. The number of halogens is 5. The van der Waals surface area contributed by atoms with E-state index in [0.29, 0.717) is 0 Å². The molecule has 150 valence electrons. The van der Waals surface area contributed by atoms with E-state index < -0.39 is 39.0 Å². The van der Waals surface area contributed by atoms with Crippen LogP contribution in [0.15, 0.2) is 17.0 Å². The fourth-order valence-corrected chi connectivity index (χ4v) is 3.63. The molecule has 5 nitrogen and oxygen atoms in total. The largest absolute Gasteiger partial charge is 0.494 e. The third-order valence-electron chi connectivity index (χ3n) is 4.15. The zero-order chi connectivity index (χ0) is 19.7. The molecule has 0 aromatic heterocycles. The standard InChI is InChI=1S/C15H21F5N2O3S/c1-25-14-10(9-23)7-12(26(16,17,18,19)20)8-13(14)22-15(24)21-11-5-3-2-4-6-11/h7-8,11,23H,2-6,9H2,1H3,(H2,21,22,24). The van der Waals surface area contributed by atoms with E-state index >= 15 is 0 Å². The Morgan fingerprint density at radius 3 is 2.31 bits per heavy atom. The van der Waals surface area contributed by atoms with Crippen molar-refractivity contribution in [3.05, 3.63) is 17.7 Å². The fourth-order valence-electron chi connectivity index (χ4n) is 2.92. The Morgan fingerprint density at radius 2 is 1.81 bits per heavy atom. The zero-order valence-corrected chi connectivity index (χ0v) is 14.9. The quantitative estimate of drug-likeness (QED) is 0.584. The predicted molar refractivity (Wildman–Crippen MR) is 89.3 cm³/mol. The van der Waals surface area contributed by atoms with Crippen LogP contribution in [0.25, 0.3) is 0 Å². The molecule has 0 bridgehead atoms. The van der Waals surface area contributed by atoms with Crippen molar-refractivity contribution < 1.29 is 34.1 Å². The molecule has 0 heterocycles. The Morgan fingerprint density at radius 1 is 1.19 bits per heavy atom. The van der Waals surface area contributed by atoms with E-state index in [1.165, 1.54) is 0 Å². The maximum absolute atomic E-state index is 13.1. The van der Waals surface area contributed by atoms with Crippen LogP contribution in [0.3, 0.4) is 0 Å². The molecule has 1 fully saturated rings. The molecule has 1 aliphatic rings. The predicted octanol–water partition coefficient (Wildman–Crippen LogP) is 5.30. The molecule has 0 aliphatic heterocycles. The first-order valence-electron chi connectivity index (χ1n) is 7.97. The second-order valence-electron chi connectivity index (χ2n) is 6.22. The number of methoxy groups -OCH3 is 1. The SMILES string of the molecule is COc1c(CO)cc(S(F)(F)(F)(F)F)cc1NC(=O)NC1CCCCC1. The van der Waals surface area contributed by atoms with Crippen molar-refractivity contribution in [2.24, 2.45) is 0 Å². The Bertz CT molecular complexity index is 691. The van der Waals surface area contributed by atoms with Crippen molar-refractivity contribution >= 4 is 21.9 Å². The molecule has 11 heteroatoms. The zero-order valence-electron chi connectivity index (χ0n) is 14.0. The van der Waals surface area contributed by atoms with Crippen molar-refractivity contribution in [2.45, 2.75) is 49.6 Å². The summed E-state index contributed by atoms with van der Waals surface area (Å²) in [4.78, 5) is 9.86. The lowest BCUT2D eigenvalue weighted by Gasteiger charge is -2.41. The number of aliphatic hydroxyl groups is 1. The van der Waals surface area contributed by atoms with Gasteiger partial charge in [0.1, 0.15) is 10.6 Å². The summed E-state index contributed by atoms with van der Waals surface area (Å²) in [5.41, 5.74) is -1.10. The first-order chi connectivity index (χ1) is 11.8. The summed E-state index contributed by atoms with van der Waals surface area (Å²) >= 11 is 0. The van der Waals surface area contributed by atoms with Crippen LogP contribution in [-0.4, -0.2) is 24.3 Å². The van der Waals surface area contributed by atoms with Crippen LogP contribution in [0.4, 0.5) is 29.9 Å². The summed E-state index contributed by atoms with van der Waals surface area (Å²) in [5, 5.41) is 14.0. The normalized spacial score (nSPS) is 18.6. The first kappa shape index (κ1) is 20.6. The Hall–Kier alpha value is -1.75. The Labute approximate surface area is 147 Å². The fraction of sp³-hybridized carbons (Fsp3) is 0.533. The molecule has 0 saturated heterocycles. The second-order valence-corrected chi connectivity index (χ2v) is 8.63. The number of carbonyl (C=O) groups excluding carboxylic acids is 1. The van der Waals surface area contributed by atoms with Crippen molar-refractivity contribution in [3.63, 3.8) is 0 Å². The van der Waals surface area contributed by atoms with E-state index in [0.717, 1.165) is 39.2 Å². The van der Waals surface area contributed by atoms with Crippen molar-refractivity contribution in [3.8, 4) is 5.75 Å². The highest BCUT2D eigenvalue weighted by Gasteiger charge is 2.65. The molecule has 1 aromatic rings. The van der Waals surface area contributed by atoms with Gasteiger partial charge in [0.25, 0.3) is 0 Å². The van der Waals surface area contributed by atoms with Crippen LogP contribution in [0, 0.1) is 0 Å². The van der Waals surface area contributed by atoms with Gasteiger partial charge in [0.2, 0.25) is 0 Å². The van der Waals surface area contributed by atoms with Gasteiger partial charge in [0.05, 0.1) is 19.4 Å². The number of nitrogens with one attached hydrogen (secondary N) is 2. The van der Waals surface area contributed by atoms with E-state index in [4.69, 9.17) is 4.74 Å². The minimum atomic E-state index is -10.00. The van der Waals surface area contributed by atoms with Gasteiger partial charge in [-0.05, 0) is 25.0 Å². The van der Waals surface area contributed by atoms with Crippen LogP contribution in [0.1, 0.15) is 37.7 Å². The summed E-state index contributed by atoms with van der Waals surface area (Å²) < 4.78 is 70.6. The second kappa shape index (κ2) is 6.45.